The third-order valence-electron chi connectivity index (χ3n) is 1.22. The van der Waals surface area contributed by atoms with Crippen molar-refractivity contribution >= 4 is 11.9 Å². The Morgan fingerprint density at radius 2 is 1.90 bits per heavy atom. The standard InChI is InChI=1S/C4H8N4O2/c5-1-2(6)7-4(10)8-3(1)9/h1-2H,5-6H2,(H2,7,8,9,10). The lowest BCUT2D eigenvalue weighted by atomic mass is 10.2. The van der Waals surface area contributed by atoms with E-state index in [1.165, 1.54) is 0 Å². The van der Waals surface area contributed by atoms with E-state index >= 15 is 0 Å². The van der Waals surface area contributed by atoms with E-state index in [1.54, 1.807) is 0 Å². The maximum absolute atomic E-state index is 10.6. The maximum Gasteiger partial charge on any atom is 0.322 e. The van der Waals surface area contributed by atoms with Crippen molar-refractivity contribution in [1.29, 1.82) is 0 Å². The number of hydrogen-bond acceptors (Lipinski definition) is 4. The van der Waals surface area contributed by atoms with Crippen LogP contribution in [0.15, 0.2) is 0 Å². The summed E-state index contributed by atoms with van der Waals surface area (Å²) in [6.45, 7) is 0. The fourth-order valence-corrected chi connectivity index (χ4v) is 0.636. The van der Waals surface area contributed by atoms with Crippen molar-refractivity contribution in [3.63, 3.8) is 0 Å². The van der Waals surface area contributed by atoms with Crippen molar-refractivity contribution in [3.05, 3.63) is 0 Å². The topological polar surface area (TPSA) is 110 Å². The van der Waals surface area contributed by atoms with Crippen LogP contribution in [0.5, 0.6) is 0 Å². The van der Waals surface area contributed by atoms with Crippen LogP contribution in [-0.2, 0) is 4.79 Å². The summed E-state index contributed by atoms with van der Waals surface area (Å²) < 4.78 is 0. The minimum Gasteiger partial charge on any atom is -0.321 e. The first-order valence-corrected chi connectivity index (χ1v) is 2.74. The molecule has 6 heteroatoms. The molecule has 10 heavy (non-hydrogen) atoms. The largest absolute Gasteiger partial charge is 0.322 e. The molecule has 0 saturated carbocycles. The van der Waals surface area contributed by atoms with Gasteiger partial charge in [0.2, 0.25) is 5.91 Å². The number of urea groups is 1. The molecule has 0 aliphatic carbocycles. The number of amides is 3. The highest BCUT2D eigenvalue weighted by atomic mass is 16.2. The van der Waals surface area contributed by atoms with Crippen LogP contribution in [0.4, 0.5) is 4.79 Å². The van der Waals surface area contributed by atoms with Gasteiger partial charge in [0, 0.05) is 0 Å². The highest BCUT2D eigenvalue weighted by Gasteiger charge is 2.29. The van der Waals surface area contributed by atoms with E-state index in [2.05, 4.69) is 5.32 Å². The molecule has 0 aromatic carbocycles. The zero-order valence-electron chi connectivity index (χ0n) is 5.13. The number of nitrogens with one attached hydrogen (secondary N) is 2. The Bertz CT molecular complexity index is 180. The smallest absolute Gasteiger partial charge is 0.321 e. The molecule has 1 fully saturated rings. The zero-order valence-corrected chi connectivity index (χ0v) is 5.13. The average Bonchev–Trinajstić information content (AvgIpc) is 1.82. The summed E-state index contributed by atoms with van der Waals surface area (Å²) in [7, 11) is 0. The summed E-state index contributed by atoms with van der Waals surface area (Å²) in [5.74, 6) is -0.545. The quantitative estimate of drug-likeness (QED) is 0.299. The molecule has 1 rings (SSSR count). The lowest BCUT2D eigenvalue weighted by Crippen LogP contribution is -2.67. The number of nitrogens with two attached hydrogens (primary N) is 2. The third kappa shape index (κ3) is 1.07. The van der Waals surface area contributed by atoms with Crippen molar-refractivity contribution in [1.82, 2.24) is 10.6 Å². The molecule has 0 aromatic rings. The number of imide groups is 1. The van der Waals surface area contributed by atoms with Gasteiger partial charge in [-0.1, -0.05) is 0 Å². The molecule has 56 valence electrons. The molecule has 2 unspecified atom stereocenters. The Hall–Kier alpha value is -1.14. The number of carbonyl (C=O) groups excluding carboxylic acids is 2. The first-order chi connectivity index (χ1) is 4.61. The molecule has 1 heterocycles. The van der Waals surface area contributed by atoms with E-state index in [4.69, 9.17) is 11.5 Å². The first kappa shape index (κ1) is 6.97. The van der Waals surface area contributed by atoms with Gasteiger partial charge in [-0.25, -0.2) is 4.79 Å². The molecular formula is C4H8N4O2. The van der Waals surface area contributed by atoms with Gasteiger partial charge >= 0.3 is 6.03 Å². The van der Waals surface area contributed by atoms with Gasteiger partial charge < -0.3 is 16.8 Å². The van der Waals surface area contributed by atoms with Gasteiger partial charge in [-0.15, -0.1) is 0 Å². The third-order valence-corrected chi connectivity index (χ3v) is 1.22. The summed E-state index contributed by atoms with van der Waals surface area (Å²) >= 11 is 0. The Kier molecular flexibility index (Phi) is 1.56. The van der Waals surface area contributed by atoms with Gasteiger partial charge in [0.25, 0.3) is 0 Å². The number of rotatable bonds is 0. The van der Waals surface area contributed by atoms with Crippen LogP contribution in [0.25, 0.3) is 0 Å². The molecule has 2 atom stereocenters. The molecule has 0 radical (unpaired) electrons. The summed E-state index contributed by atoms with van der Waals surface area (Å²) in [4.78, 5) is 21.1. The predicted octanol–water partition coefficient (Wildman–Crippen LogP) is -2.56. The molecule has 0 bridgehead atoms. The lowest BCUT2D eigenvalue weighted by molar-refractivity contribution is -0.122. The van der Waals surface area contributed by atoms with E-state index in [0.717, 1.165) is 0 Å². The minimum atomic E-state index is -0.849. The molecule has 0 spiro atoms. The molecule has 6 nitrogen and oxygen atoms in total. The van der Waals surface area contributed by atoms with Crippen LogP contribution >= 0.6 is 0 Å². The Labute approximate surface area is 56.9 Å². The second kappa shape index (κ2) is 2.24. The molecule has 3 amide bonds. The van der Waals surface area contributed by atoms with Crippen LogP contribution in [0.3, 0.4) is 0 Å². The van der Waals surface area contributed by atoms with Crippen LogP contribution in [0, 0.1) is 0 Å². The summed E-state index contributed by atoms with van der Waals surface area (Å²) in [6.07, 6.45) is -0.777. The van der Waals surface area contributed by atoms with Crippen LogP contribution in [0.2, 0.25) is 0 Å². The summed E-state index contributed by atoms with van der Waals surface area (Å²) in [5, 5.41) is 4.21. The van der Waals surface area contributed by atoms with Crippen molar-refractivity contribution < 1.29 is 9.59 Å². The molecule has 6 N–H and O–H groups in total. The molecule has 1 saturated heterocycles. The predicted molar refractivity (Wildman–Crippen MR) is 32.6 cm³/mol. The first-order valence-electron chi connectivity index (χ1n) is 2.74. The minimum absolute atomic E-state index is 0.545. The molecule has 1 aliphatic rings. The van der Waals surface area contributed by atoms with Crippen molar-refractivity contribution in [2.24, 2.45) is 11.5 Å². The van der Waals surface area contributed by atoms with Crippen LogP contribution in [-0.4, -0.2) is 24.1 Å². The van der Waals surface area contributed by atoms with Crippen LogP contribution < -0.4 is 22.1 Å². The van der Waals surface area contributed by atoms with E-state index in [1.807, 2.05) is 5.32 Å². The van der Waals surface area contributed by atoms with Gasteiger partial charge in [-0.3, -0.25) is 10.1 Å². The average molecular weight is 144 g/mol. The second-order valence-electron chi connectivity index (χ2n) is 2.01. The van der Waals surface area contributed by atoms with Crippen LogP contribution in [0.1, 0.15) is 0 Å². The highest BCUT2D eigenvalue weighted by molar-refractivity contribution is 6.00. The fourth-order valence-electron chi connectivity index (χ4n) is 0.636. The normalized spacial score (nSPS) is 33.0. The highest BCUT2D eigenvalue weighted by Crippen LogP contribution is 1.89. The van der Waals surface area contributed by atoms with Crippen molar-refractivity contribution in [3.8, 4) is 0 Å². The zero-order chi connectivity index (χ0) is 7.72. The number of carbonyl (C=O) groups is 2. The Morgan fingerprint density at radius 3 is 2.40 bits per heavy atom. The van der Waals surface area contributed by atoms with E-state index in [-0.39, 0.29) is 0 Å². The monoisotopic (exact) mass is 144 g/mol. The second-order valence-corrected chi connectivity index (χ2v) is 2.01. The van der Waals surface area contributed by atoms with E-state index in [0.29, 0.717) is 0 Å². The van der Waals surface area contributed by atoms with Gasteiger partial charge in [0.1, 0.15) is 12.2 Å². The maximum atomic E-state index is 10.6. The fraction of sp³-hybridized carbons (Fsp3) is 0.500. The lowest BCUT2D eigenvalue weighted by Gasteiger charge is -2.24. The van der Waals surface area contributed by atoms with E-state index in [9.17, 15) is 9.59 Å². The molecular weight excluding hydrogens is 136 g/mol. The molecule has 0 aromatic heterocycles. The Morgan fingerprint density at radius 1 is 1.30 bits per heavy atom. The Balaban J connectivity index is 2.66. The van der Waals surface area contributed by atoms with E-state index < -0.39 is 24.1 Å². The van der Waals surface area contributed by atoms with Crippen molar-refractivity contribution in [2.75, 3.05) is 0 Å². The SMILES string of the molecule is NC1NC(=O)NC(=O)C1N. The van der Waals surface area contributed by atoms with Gasteiger partial charge in [-0.2, -0.15) is 0 Å². The summed E-state index contributed by atoms with van der Waals surface area (Å²) in [5.41, 5.74) is 10.5. The number of hydrogen-bond donors (Lipinski definition) is 4. The van der Waals surface area contributed by atoms with Crippen molar-refractivity contribution in [2.45, 2.75) is 12.2 Å². The molecule has 1 aliphatic heterocycles. The van der Waals surface area contributed by atoms with Gasteiger partial charge in [0.05, 0.1) is 0 Å². The van der Waals surface area contributed by atoms with Gasteiger partial charge in [0.15, 0.2) is 0 Å². The summed E-state index contributed by atoms with van der Waals surface area (Å²) in [6, 6.07) is -1.45. The van der Waals surface area contributed by atoms with Gasteiger partial charge in [-0.05, 0) is 0 Å².